The molecule has 0 aliphatic heterocycles. The molecule has 2 amide bonds. The van der Waals surface area contributed by atoms with Crippen molar-refractivity contribution in [3.63, 3.8) is 0 Å². The maximum absolute atomic E-state index is 12.0. The minimum Gasteiger partial charge on any atom is -0.358 e. The second-order valence-electron chi connectivity index (χ2n) is 4.25. The molecule has 0 unspecified atom stereocenters. The van der Waals surface area contributed by atoms with E-state index in [1.807, 2.05) is 4.90 Å². The third-order valence-corrected chi connectivity index (χ3v) is 3.57. The number of hydrogen-bond acceptors (Lipinski definition) is 3. The highest BCUT2D eigenvalue weighted by Crippen LogP contribution is 2.06. The van der Waals surface area contributed by atoms with Gasteiger partial charge in [0, 0.05) is 20.1 Å². The van der Waals surface area contributed by atoms with Crippen molar-refractivity contribution in [1.82, 2.24) is 10.2 Å². The minimum absolute atomic E-state index is 0.0264. The van der Waals surface area contributed by atoms with E-state index in [0.717, 1.165) is 38.8 Å². The molecule has 0 fully saturated rings. The summed E-state index contributed by atoms with van der Waals surface area (Å²) in [6.45, 7) is 5.94. The van der Waals surface area contributed by atoms with Crippen molar-refractivity contribution in [3.05, 3.63) is 0 Å². The van der Waals surface area contributed by atoms with Gasteiger partial charge in [-0.25, -0.2) is 0 Å². The molecule has 0 aromatic rings. The summed E-state index contributed by atoms with van der Waals surface area (Å²) < 4.78 is 0. The summed E-state index contributed by atoms with van der Waals surface area (Å²) in [5, 5.41) is 2.55. The van der Waals surface area contributed by atoms with Crippen molar-refractivity contribution in [1.29, 1.82) is 0 Å². The number of amides is 2. The van der Waals surface area contributed by atoms with Crippen molar-refractivity contribution in [2.45, 2.75) is 39.5 Å². The molecule has 5 heteroatoms. The molecule has 0 aliphatic carbocycles. The molecule has 0 saturated heterocycles. The molecule has 0 atom stereocenters. The summed E-state index contributed by atoms with van der Waals surface area (Å²) in [5.41, 5.74) is 0. The molecule has 4 nitrogen and oxygen atoms in total. The van der Waals surface area contributed by atoms with Crippen LogP contribution in [-0.2, 0) is 9.59 Å². The molecule has 0 aliphatic rings. The van der Waals surface area contributed by atoms with Crippen molar-refractivity contribution in [3.8, 4) is 0 Å². The zero-order valence-electron chi connectivity index (χ0n) is 11.8. The molecular formula is C13H26N2O2S. The van der Waals surface area contributed by atoms with Gasteiger partial charge >= 0.3 is 0 Å². The zero-order chi connectivity index (χ0) is 13.8. The highest BCUT2D eigenvalue weighted by molar-refractivity contribution is 8.00. The quantitative estimate of drug-likeness (QED) is 0.662. The van der Waals surface area contributed by atoms with Gasteiger partial charge in [0.05, 0.1) is 11.5 Å². The van der Waals surface area contributed by atoms with Gasteiger partial charge in [-0.1, -0.05) is 26.7 Å². The highest BCUT2D eigenvalue weighted by atomic mass is 32.2. The molecule has 0 radical (unpaired) electrons. The summed E-state index contributed by atoms with van der Waals surface area (Å²) in [5.74, 6) is 0.894. The summed E-state index contributed by atoms with van der Waals surface area (Å²) in [6.07, 6.45) is 4.30. The fourth-order valence-corrected chi connectivity index (χ4v) is 2.24. The Hall–Kier alpha value is -0.710. The molecule has 1 N–H and O–H groups in total. The average Bonchev–Trinajstić information content (AvgIpc) is 2.38. The molecular weight excluding hydrogens is 248 g/mol. The van der Waals surface area contributed by atoms with Gasteiger partial charge in [0.25, 0.3) is 0 Å². The Morgan fingerprint density at radius 2 is 1.61 bits per heavy atom. The molecule has 0 heterocycles. The first-order valence-electron chi connectivity index (χ1n) is 6.71. The fourth-order valence-electron chi connectivity index (χ4n) is 1.45. The van der Waals surface area contributed by atoms with Crippen LogP contribution in [-0.4, -0.2) is 48.4 Å². The number of nitrogens with one attached hydrogen (secondary N) is 1. The predicted octanol–water partition coefficient (Wildman–Crippen LogP) is 1.89. The molecule has 0 spiro atoms. The van der Waals surface area contributed by atoms with Gasteiger partial charge in [-0.05, 0) is 12.8 Å². The Labute approximate surface area is 115 Å². The molecule has 0 rings (SSSR count). The van der Waals surface area contributed by atoms with Crippen molar-refractivity contribution in [2.24, 2.45) is 0 Å². The van der Waals surface area contributed by atoms with Crippen LogP contribution in [0.5, 0.6) is 0 Å². The van der Waals surface area contributed by atoms with E-state index < -0.39 is 0 Å². The van der Waals surface area contributed by atoms with Gasteiger partial charge in [0.15, 0.2) is 0 Å². The van der Waals surface area contributed by atoms with Crippen molar-refractivity contribution >= 4 is 23.6 Å². The van der Waals surface area contributed by atoms with Crippen LogP contribution in [0.4, 0.5) is 0 Å². The van der Waals surface area contributed by atoms with Gasteiger partial charge < -0.3 is 10.2 Å². The summed E-state index contributed by atoms with van der Waals surface area (Å²) in [6, 6.07) is 0. The SMILES string of the molecule is CCCCN(CCCC)C(=O)CSCC(=O)NC. The van der Waals surface area contributed by atoms with Gasteiger partial charge in [0.2, 0.25) is 11.8 Å². The smallest absolute Gasteiger partial charge is 0.232 e. The van der Waals surface area contributed by atoms with Crippen molar-refractivity contribution < 1.29 is 9.59 Å². The number of unbranched alkanes of at least 4 members (excludes halogenated alkanes) is 2. The van der Waals surface area contributed by atoms with E-state index in [9.17, 15) is 9.59 Å². The first-order valence-corrected chi connectivity index (χ1v) is 7.87. The van der Waals surface area contributed by atoms with E-state index in [2.05, 4.69) is 19.2 Å². The van der Waals surface area contributed by atoms with Crippen LogP contribution in [0.3, 0.4) is 0 Å². The first-order chi connectivity index (χ1) is 8.65. The monoisotopic (exact) mass is 274 g/mol. The number of thioether (sulfide) groups is 1. The maximum atomic E-state index is 12.0. The second-order valence-corrected chi connectivity index (χ2v) is 5.24. The highest BCUT2D eigenvalue weighted by Gasteiger charge is 2.12. The lowest BCUT2D eigenvalue weighted by atomic mass is 10.2. The number of carbonyl (C=O) groups is 2. The Bertz CT molecular complexity index is 239. The van der Waals surface area contributed by atoms with E-state index >= 15 is 0 Å². The van der Waals surface area contributed by atoms with Crippen LogP contribution in [0.15, 0.2) is 0 Å². The number of nitrogens with zero attached hydrogens (tertiary/aromatic N) is 1. The molecule has 0 aromatic carbocycles. The molecule has 0 aromatic heterocycles. The predicted molar refractivity (Wildman–Crippen MR) is 77.8 cm³/mol. The lowest BCUT2D eigenvalue weighted by molar-refractivity contribution is -0.128. The van der Waals surface area contributed by atoms with Crippen molar-refractivity contribution in [2.75, 3.05) is 31.6 Å². The average molecular weight is 274 g/mol. The van der Waals surface area contributed by atoms with Crippen LogP contribution in [0.1, 0.15) is 39.5 Å². The summed E-state index contributed by atoms with van der Waals surface area (Å²) in [4.78, 5) is 25.0. The molecule has 106 valence electrons. The number of hydrogen-bond donors (Lipinski definition) is 1. The van der Waals surface area contributed by atoms with Gasteiger partial charge in [-0.3, -0.25) is 9.59 Å². The fraction of sp³-hybridized carbons (Fsp3) is 0.846. The third-order valence-electron chi connectivity index (χ3n) is 2.65. The van der Waals surface area contributed by atoms with E-state index in [1.54, 1.807) is 7.05 Å². The van der Waals surface area contributed by atoms with Crippen LogP contribution in [0.25, 0.3) is 0 Å². The second kappa shape index (κ2) is 11.4. The molecule has 18 heavy (non-hydrogen) atoms. The summed E-state index contributed by atoms with van der Waals surface area (Å²) >= 11 is 1.39. The zero-order valence-corrected chi connectivity index (χ0v) is 12.6. The topological polar surface area (TPSA) is 49.4 Å². The first kappa shape index (κ1) is 17.3. The van der Waals surface area contributed by atoms with E-state index in [0.29, 0.717) is 11.5 Å². The minimum atomic E-state index is -0.0264. The van der Waals surface area contributed by atoms with E-state index in [4.69, 9.17) is 0 Å². The molecule has 0 saturated carbocycles. The normalized spacial score (nSPS) is 10.2. The Balaban J connectivity index is 3.98. The lowest BCUT2D eigenvalue weighted by Crippen LogP contribution is -2.34. The van der Waals surface area contributed by atoms with E-state index in [-0.39, 0.29) is 11.8 Å². The van der Waals surface area contributed by atoms with Crippen LogP contribution in [0.2, 0.25) is 0 Å². The molecule has 0 bridgehead atoms. The van der Waals surface area contributed by atoms with Gasteiger partial charge in [-0.15, -0.1) is 11.8 Å². The van der Waals surface area contributed by atoms with E-state index in [1.165, 1.54) is 11.8 Å². The van der Waals surface area contributed by atoms with Crippen LogP contribution in [0, 0.1) is 0 Å². The summed E-state index contributed by atoms with van der Waals surface area (Å²) in [7, 11) is 1.61. The van der Waals surface area contributed by atoms with Crippen LogP contribution >= 0.6 is 11.8 Å². The van der Waals surface area contributed by atoms with Crippen LogP contribution < -0.4 is 5.32 Å². The third kappa shape index (κ3) is 8.39. The number of carbonyl (C=O) groups excluding carboxylic acids is 2. The number of rotatable bonds is 10. The standard InChI is InChI=1S/C13H26N2O2S/c1-4-6-8-15(9-7-5-2)13(17)11-18-10-12(16)14-3/h4-11H2,1-3H3,(H,14,16). The largest absolute Gasteiger partial charge is 0.358 e. The lowest BCUT2D eigenvalue weighted by Gasteiger charge is -2.22. The Morgan fingerprint density at radius 3 is 2.06 bits per heavy atom. The Kier molecular flexibility index (Phi) is 10.9. The van der Waals surface area contributed by atoms with Gasteiger partial charge in [0.1, 0.15) is 0 Å². The Morgan fingerprint density at radius 1 is 1.06 bits per heavy atom. The maximum Gasteiger partial charge on any atom is 0.232 e. The van der Waals surface area contributed by atoms with Gasteiger partial charge in [-0.2, -0.15) is 0 Å².